The highest BCUT2D eigenvalue weighted by Crippen LogP contribution is 2.35. The summed E-state index contributed by atoms with van der Waals surface area (Å²) in [6, 6.07) is 19.7. The van der Waals surface area contributed by atoms with E-state index in [1.54, 1.807) is 6.92 Å². The molecule has 21 heavy (non-hydrogen) atoms. The summed E-state index contributed by atoms with van der Waals surface area (Å²) >= 11 is 3.50. The molecule has 0 spiro atoms. The minimum absolute atomic E-state index is 0.493. The van der Waals surface area contributed by atoms with Gasteiger partial charge in [-0.05, 0) is 52.0 Å². The summed E-state index contributed by atoms with van der Waals surface area (Å²) < 4.78 is 6.86. The zero-order valence-corrected chi connectivity index (χ0v) is 13.2. The molecule has 0 saturated carbocycles. The van der Waals surface area contributed by atoms with Crippen molar-refractivity contribution < 1.29 is 9.84 Å². The highest BCUT2D eigenvalue weighted by Gasteiger charge is 2.09. The third kappa shape index (κ3) is 2.94. The van der Waals surface area contributed by atoms with E-state index in [2.05, 4.69) is 28.1 Å². The second kappa shape index (κ2) is 5.88. The molecule has 0 bridgehead atoms. The lowest BCUT2D eigenvalue weighted by molar-refractivity contribution is 0.199. The van der Waals surface area contributed by atoms with Crippen LogP contribution >= 0.6 is 15.9 Å². The summed E-state index contributed by atoms with van der Waals surface area (Å²) in [5.74, 6) is 1.55. The molecule has 1 atom stereocenters. The van der Waals surface area contributed by atoms with Crippen LogP contribution in [0.2, 0.25) is 0 Å². The average molecular weight is 343 g/mol. The topological polar surface area (TPSA) is 29.5 Å². The Kier molecular flexibility index (Phi) is 3.95. The Hall–Kier alpha value is -1.84. The quantitative estimate of drug-likeness (QED) is 0.685. The zero-order valence-electron chi connectivity index (χ0n) is 11.6. The van der Waals surface area contributed by atoms with Crippen molar-refractivity contribution in [3.05, 3.63) is 70.7 Å². The molecule has 0 heterocycles. The average Bonchev–Trinajstić information content (AvgIpc) is 2.49. The highest BCUT2D eigenvalue weighted by molar-refractivity contribution is 9.10. The largest absolute Gasteiger partial charge is 0.456 e. The first-order chi connectivity index (χ1) is 10.1. The summed E-state index contributed by atoms with van der Waals surface area (Å²) in [4.78, 5) is 0. The van der Waals surface area contributed by atoms with Crippen molar-refractivity contribution in [2.45, 2.75) is 13.0 Å². The molecule has 3 aromatic rings. The summed E-state index contributed by atoms with van der Waals surface area (Å²) in [5.41, 5.74) is 0.854. The van der Waals surface area contributed by atoms with Crippen LogP contribution in [0.3, 0.4) is 0 Å². The summed E-state index contributed by atoms with van der Waals surface area (Å²) in [6.07, 6.45) is -0.493. The van der Waals surface area contributed by atoms with E-state index in [4.69, 9.17) is 4.74 Å². The number of aliphatic hydroxyl groups is 1. The standard InChI is InChI=1S/C18H15BrO2/c1-12(20)14-9-10-18(16(19)11-14)21-17-8-4-6-13-5-2-3-7-15(13)17/h2-12,20H,1H3/t12-/m1/s1. The number of fused-ring (bicyclic) bond motifs is 1. The minimum Gasteiger partial charge on any atom is -0.456 e. The Morgan fingerprint density at radius 2 is 1.71 bits per heavy atom. The molecule has 0 fully saturated rings. The summed E-state index contributed by atoms with van der Waals surface area (Å²) in [5, 5.41) is 11.8. The SMILES string of the molecule is C[C@@H](O)c1ccc(Oc2cccc3ccccc23)c(Br)c1. The lowest BCUT2D eigenvalue weighted by Crippen LogP contribution is -1.92. The number of ether oxygens (including phenoxy) is 1. The van der Waals surface area contributed by atoms with E-state index in [0.29, 0.717) is 0 Å². The lowest BCUT2D eigenvalue weighted by Gasteiger charge is -2.12. The summed E-state index contributed by atoms with van der Waals surface area (Å²) in [6.45, 7) is 1.74. The van der Waals surface area contributed by atoms with Crippen LogP contribution in [0.15, 0.2) is 65.1 Å². The molecule has 3 rings (SSSR count). The molecule has 0 unspecified atom stereocenters. The van der Waals surface area contributed by atoms with Gasteiger partial charge in [-0.15, -0.1) is 0 Å². The second-order valence-electron chi connectivity index (χ2n) is 4.95. The molecule has 106 valence electrons. The van der Waals surface area contributed by atoms with E-state index in [1.807, 2.05) is 48.5 Å². The second-order valence-corrected chi connectivity index (χ2v) is 5.80. The van der Waals surface area contributed by atoms with Gasteiger partial charge >= 0.3 is 0 Å². The maximum atomic E-state index is 9.61. The smallest absolute Gasteiger partial charge is 0.141 e. The monoisotopic (exact) mass is 342 g/mol. The fraction of sp³-hybridized carbons (Fsp3) is 0.111. The molecule has 3 aromatic carbocycles. The first kappa shape index (κ1) is 14.1. The fourth-order valence-corrected chi connectivity index (χ4v) is 2.74. The Bertz CT molecular complexity index is 776. The van der Waals surface area contributed by atoms with Crippen LogP contribution in [0, 0.1) is 0 Å². The third-order valence-corrected chi connectivity index (χ3v) is 4.03. The maximum Gasteiger partial charge on any atom is 0.141 e. The van der Waals surface area contributed by atoms with Gasteiger partial charge < -0.3 is 9.84 Å². The zero-order chi connectivity index (χ0) is 14.8. The van der Waals surface area contributed by atoms with Gasteiger partial charge in [0.2, 0.25) is 0 Å². The van der Waals surface area contributed by atoms with Gasteiger partial charge in [-0.1, -0.05) is 42.5 Å². The molecular formula is C18H15BrO2. The van der Waals surface area contributed by atoms with Crippen LogP contribution in [0.25, 0.3) is 10.8 Å². The number of rotatable bonds is 3. The van der Waals surface area contributed by atoms with Crippen LogP contribution in [-0.2, 0) is 0 Å². The predicted octanol–water partition coefficient (Wildman–Crippen LogP) is 5.45. The van der Waals surface area contributed by atoms with Crippen molar-refractivity contribution in [3.63, 3.8) is 0 Å². The predicted molar refractivity (Wildman–Crippen MR) is 88.8 cm³/mol. The number of hydrogen-bond donors (Lipinski definition) is 1. The molecule has 0 saturated heterocycles. The van der Waals surface area contributed by atoms with Gasteiger partial charge in [-0.2, -0.15) is 0 Å². The molecule has 3 heteroatoms. The maximum absolute atomic E-state index is 9.61. The van der Waals surface area contributed by atoms with E-state index < -0.39 is 6.10 Å². The molecule has 0 radical (unpaired) electrons. The van der Waals surface area contributed by atoms with Crippen LogP contribution < -0.4 is 4.74 Å². The van der Waals surface area contributed by atoms with Gasteiger partial charge in [0.05, 0.1) is 10.6 Å². The van der Waals surface area contributed by atoms with Crippen molar-refractivity contribution in [2.75, 3.05) is 0 Å². The Labute approximate surface area is 132 Å². The molecule has 1 N–H and O–H groups in total. The van der Waals surface area contributed by atoms with Gasteiger partial charge in [-0.25, -0.2) is 0 Å². The normalized spacial score (nSPS) is 12.3. The first-order valence-electron chi connectivity index (χ1n) is 6.78. The van der Waals surface area contributed by atoms with Crippen LogP contribution in [0.1, 0.15) is 18.6 Å². The minimum atomic E-state index is -0.493. The van der Waals surface area contributed by atoms with E-state index in [1.165, 1.54) is 0 Å². The van der Waals surface area contributed by atoms with Crippen molar-refractivity contribution in [2.24, 2.45) is 0 Å². The van der Waals surface area contributed by atoms with Crippen molar-refractivity contribution in [1.82, 2.24) is 0 Å². The highest BCUT2D eigenvalue weighted by atomic mass is 79.9. The van der Waals surface area contributed by atoms with E-state index >= 15 is 0 Å². The Morgan fingerprint density at radius 3 is 2.48 bits per heavy atom. The molecule has 2 nitrogen and oxygen atoms in total. The van der Waals surface area contributed by atoms with E-state index in [9.17, 15) is 5.11 Å². The molecule has 0 aliphatic carbocycles. The van der Waals surface area contributed by atoms with Gasteiger partial charge in [0.15, 0.2) is 0 Å². The Balaban J connectivity index is 1.99. The van der Waals surface area contributed by atoms with Crippen LogP contribution in [0.4, 0.5) is 0 Å². The van der Waals surface area contributed by atoms with Crippen molar-refractivity contribution in [3.8, 4) is 11.5 Å². The van der Waals surface area contributed by atoms with Gasteiger partial charge in [0.1, 0.15) is 11.5 Å². The molecule has 0 aromatic heterocycles. The molecule has 0 aliphatic heterocycles. The molecule has 0 amide bonds. The number of halogens is 1. The first-order valence-corrected chi connectivity index (χ1v) is 7.57. The van der Waals surface area contributed by atoms with Crippen LogP contribution in [-0.4, -0.2) is 5.11 Å². The number of aliphatic hydroxyl groups excluding tert-OH is 1. The van der Waals surface area contributed by atoms with E-state index in [-0.39, 0.29) is 0 Å². The van der Waals surface area contributed by atoms with Gasteiger partial charge in [-0.3, -0.25) is 0 Å². The van der Waals surface area contributed by atoms with Gasteiger partial charge in [0, 0.05) is 5.39 Å². The fourth-order valence-electron chi connectivity index (χ4n) is 2.26. The van der Waals surface area contributed by atoms with Crippen molar-refractivity contribution >= 4 is 26.7 Å². The van der Waals surface area contributed by atoms with Crippen molar-refractivity contribution in [1.29, 1.82) is 0 Å². The van der Waals surface area contributed by atoms with Gasteiger partial charge in [0.25, 0.3) is 0 Å². The number of benzene rings is 3. The number of hydrogen-bond acceptors (Lipinski definition) is 2. The molecule has 0 aliphatic rings. The van der Waals surface area contributed by atoms with E-state index in [0.717, 1.165) is 32.3 Å². The molecular weight excluding hydrogens is 328 g/mol. The van der Waals surface area contributed by atoms with Crippen LogP contribution in [0.5, 0.6) is 11.5 Å². The third-order valence-electron chi connectivity index (χ3n) is 3.41. The Morgan fingerprint density at radius 1 is 0.952 bits per heavy atom. The summed E-state index contributed by atoms with van der Waals surface area (Å²) in [7, 11) is 0. The lowest BCUT2D eigenvalue weighted by atomic mass is 10.1.